The summed E-state index contributed by atoms with van der Waals surface area (Å²) in [5.41, 5.74) is 5.80. The minimum absolute atomic E-state index is 0.0329. The van der Waals surface area contributed by atoms with Gasteiger partial charge in [-0.15, -0.1) is 0 Å². The standard InChI is InChI=1S/C34H35N3O7S/c1-22(38)45-21-26(12-8-11-23-9-4-3-5-10-23)31(39)35-29(33(41)42)19-27-20-37(30-14-7-6-13-28(27)30)36-32(40)24-15-17-25(18-16-24)34(43)44-2/h3-7,9-10,13-18,20,26,29H,8,11-12,19,21H2,1-2H3,(H,35,39)(H,36,40)(H,41,42)/t26?,29-/m0/s1. The van der Waals surface area contributed by atoms with Crippen molar-refractivity contribution in [3.63, 3.8) is 0 Å². The van der Waals surface area contributed by atoms with Crippen LogP contribution in [0.25, 0.3) is 10.9 Å². The smallest absolute Gasteiger partial charge is 0.337 e. The highest BCUT2D eigenvalue weighted by Crippen LogP contribution is 2.23. The van der Waals surface area contributed by atoms with Crippen molar-refractivity contribution in [1.29, 1.82) is 0 Å². The molecular formula is C34H35N3O7S. The van der Waals surface area contributed by atoms with Crippen LogP contribution in [-0.2, 0) is 32.0 Å². The van der Waals surface area contributed by atoms with Gasteiger partial charge < -0.3 is 15.2 Å². The summed E-state index contributed by atoms with van der Waals surface area (Å²) < 4.78 is 6.21. The molecule has 45 heavy (non-hydrogen) atoms. The van der Waals surface area contributed by atoms with Gasteiger partial charge in [-0.3, -0.25) is 24.5 Å². The van der Waals surface area contributed by atoms with Gasteiger partial charge in [-0.1, -0.05) is 60.3 Å². The second-order valence-corrected chi connectivity index (χ2v) is 11.7. The lowest BCUT2D eigenvalue weighted by Gasteiger charge is -2.20. The zero-order valence-corrected chi connectivity index (χ0v) is 25.8. The molecule has 234 valence electrons. The van der Waals surface area contributed by atoms with Crippen LogP contribution in [0.2, 0.25) is 0 Å². The van der Waals surface area contributed by atoms with Gasteiger partial charge in [-0.25, -0.2) is 9.59 Å². The molecule has 4 rings (SSSR count). The van der Waals surface area contributed by atoms with Crippen molar-refractivity contribution in [3.05, 3.63) is 107 Å². The third-order valence-corrected chi connectivity index (χ3v) is 8.32. The fourth-order valence-corrected chi connectivity index (χ4v) is 5.72. The van der Waals surface area contributed by atoms with E-state index in [1.165, 1.54) is 43.0 Å². The normalized spacial score (nSPS) is 12.2. The fraction of sp³-hybridized carbons (Fsp3) is 0.265. The summed E-state index contributed by atoms with van der Waals surface area (Å²) in [4.78, 5) is 62.1. The van der Waals surface area contributed by atoms with Gasteiger partial charge in [-0.05, 0) is 60.7 Å². The van der Waals surface area contributed by atoms with E-state index in [0.29, 0.717) is 40.4 Å². The predicted molar refractivity (Wildman–Crippen MR) is 173 cm³/mol. The highest BCUT2D eigenvalue weighted by molar-refractivity contribution is 8.13. The number of carboxylic acid groups (broad SMARTS) is 1. The zero-order chi connectivity index (χ0) is 32.3. The molecule has 0 radical (unpaired) electrons. The zero-order valence-electron chi connectivity index (χ0n) is 25.0. The number of carbonyl (C=O) groups is 5. The number of aromatic nitrogens is 1. The molecule has 11 heteroatoms. The molecule has 3 N–H and O–H groups in total. The van der Waals surface area contributed by atoms with Gasteiger partial charge in [0.1, 0.15) is 6.04 Å². The number of thioether (sulfide) groups is 1. The molecule has 0 saturated carbocycles. The van der Waals surface area contributed by atoms with Crippen molar-refractivity contribution in [3.8, 4) is 0 Å². The van der Waals surface area contributed by atoms with Gasteiger partial charge in [0.25, 0.3) is 5.91 Å². The second kappa shape index (κ2) is 15.7. The number of nitrogens with zero attached hydrogens (tertiary/aromatic N) is 1. The molecule has 1 unspecified atom stereocenters. The number of aryl methyl sites for hydroxylation is 1. The average Bonchev–Trinajstić information content (AvgIpc) is 3.38. The Hall–Kier alpha value is -4.90. The second-order valence-electron chi connectivity index (χ2n) is 10.5. The number of fused-ring (bicyclic) bond motifs is 1. The lowest BCUT2D eigenvalue weighted by Crippen LogP contribution is -2.45. The van der Waals surface area contributed by atoms with E-state index >= 15 is 0 Å². The van der Waals surface area contributed by atoms with E-state index in [1.807, 2.05) is 36.4 Å². The molecule has 10 nitrogen and oxygen atoms in total. The van der Waals surface area contributed by atoms with Crippen LogP contribution >= 0.6 is 11.8 Å². The topological polar surface area (TPSA) is 144 Å². The number of carboxylic acids is 1. The third kappa shape index (κ3) is 9.05. The van der Waals surface area contributed by atoms with Gasteiger partial charge in [0, 0.05) is 42.2 Å². The Morgan fingerprint density at radius 1 is 0.911 bits per heavy atom. The molecule has 2 atom stereocenters. The van der Waals surface area contributed by atoms with Crippen molar-refractivity contribution in [2.75, 3.05) is 18.3 Å². The molecule has 4 aromatic rings. The summed E-state index contributed by atoms with van der Waals surface area (Å²) in [5.74, 6) is -2.86. The van der Waals surface area contributed by atoms with E-state index in [2.05, 4.69) is 10.7 Å². The van der Waals surface area contributed by atoms with Crippen LogP contribution in [0.15, 0.2) is 85.1 Å². The molecule has 0 saturated heterocycles. The van der Waals surface area contributed by atoms with Gasteiger partial charge >= 0.3 is 11.9 Å². The lowest BCUT2D eigenvalue weighted by molar-refractivity contribution is -0.142. The number of para-hydroxylation sites is 1. The maximum atomic E-state index is 13.4. The molecule has 3 aromatic carbocycles. The monoisotopic (exact) mass is 629 g/mol. The van der Waals surface area contributed by atoms with E-state index in [4.69, 9.17) is 4.74 Å². The number of rotatable bonds is 14. The Bertz CT molecular complexity index is 1670. The molecule has 0 aliphatic carbocycles. The first-order valence-electron chi connectivity index (χ1n) is 14.5. The fourth-order valence-electron chi connectivity index (χ4n) is 4.97. The van der Waals surface area contributed by atoms with E-state index in [1.54, 1.807) is 24.4 Å². The summed E-state index contributed by atoms with van der Waals surface area (Å²) in [5, 5.41) is 13.4. The minimum Gasteiger partial charge on any atom is -0.480 e. The van der Waals surface area contributed by atoms with Crippen LogP contribution in [0.5, 0.6) is 0 Å². The maximum absolute atomic E-state index is 13.4. The van der Waals surface area contributed by atoms with Crippen LogP contribution in [-0.4, -0.2) is 57.6 Å². The Morgan fingerprint density at radius 3 is 2.24 bits per heavy atom. The maximum Gasteiger partial charge on any atom is 0.337 e. The Morgan fingerprint density at radius 2 is 1.58 bits per heavy atom. The van der Waals surface area contributed by atoms with Gasteiger partial charge in [0.2, 0.25) is 5.91 Å². The number of hydrogen-bond acceptors (Lipinski definition) is 7. The predicted octanol–water partition coefficient (Wildman–Crippen LogP) is 4.84. The Labute approximate surface area is 265 Å². The van der Waals surface area contributed by atoms with Crippen LogP contribution in [0.3, 0.4) is 0 Å². The molecule has 0 aliphatic heterocycles. The van der Waals surface area contributed by atoms with Gasteiger partial charge in [0.05, 0.1) is 18.2 Å². The SMILES string of the molecule is COC(=O)c1ccc(C(=O)Nn2cc(C[C@H](NC(=O)C(CCCc3ccccc3)CSC(C)=O)C(=O)O)c3ccccc32)cc1. The van der Waals surface area contributed by atoms with Gasteiger partial charge in [0.15, 0.2) is 5.12 Å². The Kier molecular flexibility index (Phi) is 11.5. The summed E-state index contributed by atoms with van der Waals surface area (Å²) in [6.07, 6.45) is 3.57. The van der Waals surface area contributed by atoms with Crippen molar-refractivity contribution >= 4 is 51.5 Å². The third-order valence-electron chi connectivity index (χ3n) is 7.34. The van der Waals surface area contributed by atoms with Crippen molar-refractivity contribution in [2.24, 2.45) is 5.92 Å². The molecule has 0 fully saturated rings. The summed E-state index contributed by atoms with van der Waals surface area (Å²) >= 11 is 1.05. The number of aliphatic carboxylic acids is 1. The van der Waals surface area contributed by atoms with E-state index in [-0.39, 0.29) is 17.3 Å². The number of benzene rings is 3. The first kappa shape index (κ1) is 33.0. The highest BCUT2D eigenvalue weighted by atomic mass is 32.2. The number of amides is 2. The molecule has 1 heterocycles. The van der Waals surface area contributed by atoms with Crippen LogP contribution < -0.4 is 10.7 Å². The summed E-state index contributed by atoms with van der Waals surface area (Å²) in [6.45, 7) is 1.44. The molecular weight excluding hydrogens is 594 g/mol. The van der Waals surface area contributed by atoms with E-state index in [9.17, 15) is 29.1 Å². The number of esters is 1. The Balaban J connectivity index is 1.48. The van der Waals surface area contributed by atoms with Gasteiger partial charge in [-0.2, -0.15) is 0 Å². The minimum atomic E-state index is -1.24. The molecule has 0 aliphatic rings. The number of ether oxygens (including phenoxy) is 1. The van der Waals surface area contributed by atoms with E-state index < -0.39 is 35.7 Å². The average molecular weight is 630 g/mol. The molecule has 1 aromatic heterocycles. The van der Waals surface area contributed by atoms with E-state index in [0.717, 1.165) is 23.7 Å². The van der Waals surface area contributed by atoms with Crippen LogP contribution in [0.1, 0.15) is 51.6 Å². The molecule has 2 amide bonds. The summed E-state index contributed by atoms with van der Waals surface area (Å²) in [6, 6.07) is 21.8. The summed E-state index contributed by atoms with van der Waals surface area (Å²) in [7, 11) is 1.28. The van der Waals surface area contributed by atoms with Crippen molar-refractivity contribution in [2.45, 2.75) is 38.6 Å². The number of hydrogen-bond donors (Lipinski definition) is 3. The first-order chi connectivity index (χ1) is 21.7. The largest absolute Gasteiger partial charge is 0.480 e. The van der Waals surface area contributed by atoms with Crippen LogP contribution in [0, 0.1) is 5.92 Å². The highest BCUT2D eigenvalue weighted by Gasteiger charge is 2.27. The van der Waals surface area contributed by atoms with Crippen LogP contribution in [0.4, 0.5) is 0 Å². The first-order valence-corrected chi connectivity index (χ1v) is 15.4. The van der Waals surface area contributed by atoms with Crippen molar-refractivity contribution < 1.29 is 33.8 Å². The number of carbonyl (C=O) groups excluding carboxylic acids is 4. The number of nitrogens with one attached hydrogen (secondary N) is 2. The quantitative estimate of drug-likeness (QED) is 0.168. The number of methoxy groups -OCH3 is 1. The molecule has 0 spiro atoms. The lowest BCUT2D eigenvalue weighted by atomic mass is 9.99. The van der Waals surface area contributed by atoms with Crippen molar-refractivity contribution in [1.82, 2.24) is 9.99 Å². The molecule has 0 bridgehead atoms.